The highest BCUT2D eigenvalue weighted by Gasteiger charge is 2.09. The van der Waals surface area contributed by atoms with Crippen LogP contribution >= 0.6 is 0 Å². The third kappa shape index (κ3) is 3.60. The average Bonchev–Trinajstić information content (AvgIpc) is 2.88. The van der Waals surface area contributed by atoms with Gasteiger partial charge in [-0.25, -0.2) is 0 Å². The van der Waals surface area contributed by atoms with E-state index in [9.17, 15) is 0 Å². The van der Waals surface area contributed by atoms with E-state index in [1.165, 1.54) is 45.3 Å². The van der Waals surface area contributed by atoms with E-state index in [1.807, 2.05) is 0 Å². The van der Waals surface area contributed by atoms with Crippen LogP contribution in [0.25, 0.3) is 0 Å². The van der Waals surface area contributed by atoms with Crippen molar-refractivity contribution in [3.8, 4) is 0 Å². The standard InChI is InChI=1S/C10H18N4O/c1-2-6-14(5-1)7-3-4-11-8-10-12-9-15-13-10/h9,11H,1-8H2. The summed E-state index contributed by atoms with van der Waals surface area (Å²) in [6.07, 6.45) is 5.30. The zero-order chi connectivity index (χ0) is 10.3. The molecule has 0 atom stereocenters. The first-order valence-corrected chi connectivity index (χ1v) is 5.63. The van der Waals surface area contributed by atoms with Gasteiger partial charge in [-0.15, -0.1) is 0 Å². The van der Waals surface area contributed by atoms with Crippen molar-refractivity contribution in [2.24, 2.45) is 0 Å². The predicted molar refractivity (Wildman–Crippen MR) is 56.3 cm³/mol. The van der Waals surface area contributed by atoms with E-state index in [1.54, 1.807) is 0 Å². The zero-order valence-electron chi connectivity index (χ0n) is 8.98. The molecule has 84 valence electrons. The average molecular weight is 210 g/mol. The molecular formula is C10H18N4O. The maximum atomic E-state index is 4.64. The summed E-state index contributed by atoms with van der Waals surface area (Å²) in [6, 6.07) is 0. The summed E-state index contributed by atoms with van der Waals surface area (Å²) in [5.74, 6) is 0.733. The smallest absolute Gasteiger partial charge is 0.213 e. The summed E-state index contributed by atoms with van der Waals surface area (Å²) in [4.78, 5) is 6.46. The van der Waals surface area contributed by atoms with Gasteiger partial charge in [0.15, 0.2) is 5.82 Å². The van der Waals surface area contributed by atoms with Gasteiger partial charge in [0, 0.05) is 0 Å². The Hall–Kier alpha value is -0.940. The number of likely N-dealkylation sites (tertiary alicyclic amines) is 1. The molecule has 1 aromatic rings. The summed E-state index contributed by atoms with van der Waals surface area (Å²) < 4.78 is 4.64. The van der Waals surface area contributed by atoms with Gasteiger partial charge in [-0.2, -0.15) is 4.98 Å². The van der Waals surface area contributed by atoms with E-state index in [0.717, 1.165) is 12.4 Å². The van der Waals surface area contributed by atoms with Gasteiger partial charge in [-0.05, 0) is 45.4 Å². The lowest BCUT2D eigenvalue weighted by Crippen LogP contribution is -2.24. The molecule has 0 amide bonds. The molecule has 0 radical (unpaired) electrons. The minimum absolute atomic E-state index is 0.705. The first-order chi connectivity index (χ1) is 7.45. The van der Waals surface area contributed by atoms with Crippen LogP contribution in [0.4, 0.5) is 0 Å². The molecule has 1 saturated heterocycles. The topological polar surface area (TPSA) is 54.2 Å². The molecule has 2 heterocycles. The van der Waals surface area contributed by atoms with Crippen molar-refractivity contribution in [3.63, 3.8) is 0 Å². The molecule has 1 N–H and O–H groups in total. The van der Waals surface area contributed by atoms with Crippen LogP contribution < -0.4 is 5.32 Å². The minimum Gasteiger partial charge on any atom is -0.343 e. The number of aromatic nitrogens is 2. The van der Waals surface area contributed by atoms with E-state index < -0.39 is 0 Å². The molecule has 0 aromatic carbocycles. The van der Waals surface area contributed by atoms with Crippen molar-refractivity contribution < 1.29 is 4.52 Å². The van der Waals surface area contributed by atoms with Gasteiger partial charge >= 0.3 is 0 Å². The van der Waals surface area contributed by atoms with E-state index in [2.05, 4.69) is 24.9 Å². The lowest BCUT2D eigenvalue weighted by molar-refractivity contribution is 0.330. The second-order valence-electron chi connectivity index (χ2n) is 3.93. The van der Waals surface area contributed by atoms with Crippen LogP contribution in [0.5, 0.6) is 0 Å². The molecule has 5 nitrogen and oxygen atoms in total. The second kappa shape index (κ2) is 5.82. The molecule has 0 aliphatic carbocycles. The summed E-state index contributed by atoms with van der Waals surface area (Å²) >= 11 is 0. The van der Waals surface area contributed by atoms with Gasteiger partial charge in [0.2, 0.25) is 6.39 Å². The summed E-state index contributed by atoms with van der Waals surface area (Å²) in [7, 11) is 0. The van der Waals surface area contributed by atoms with Crippen molar-refractivity contribution in [3.05, 3.63) is 12.2 Å². The van der Waals surface area contributed by atoms with Crippen molar-refractivity contribution in [1.29, 1.82) is 0 Å². The molecule has 1 aliphatic heterocycles. The third-order valence-electron chi connectivity index (χ3n) is 2.72. The third-order valence-corrected chi connectivity index (χ3v) is 2.72. The Morgan fingerprint density at radius 2 is 2.27 bits per heavy atom. The first-order valence-electron chi connectivity index (χ1n) is 5.63. The second-order valence-corrected chi connectivity index (χ2v) is 3.93. The first kappa shape index (κ1) is 10.6. The predicted octanol–water partition coefficient (Wildman–Crippen LogP) is 0.645. The molecule has 1 fully saturated rings. The lowest BCUT2D eigenvalue weighted by Gasteiger charge is -2.13. The molecule has 0 bridgehead atoms. The summed E-state index contributed by atoms with van der Waals surface area (Å²) in [5.41, 5.74) is 0. The van der Waals surface area contributed by atoms with Crippen molar-refractivity contribution in [2.45, 2.75) is 25.8 Å². The normalized spacial score (nSPS) is 17.3. The van der Waals surface area contributed by atoms with Crippen LogP contribution in [0.1, 0.15) is 25.1 Å². The lowest BCUT2D eigenvalue weighted by atomic mass is 10.4. The highest BCUT2D eigenvalue weighted by Crippen LogP contribution is 2.06. The summed E-state index contributed by atoms with van der Waals surface area (Å²) in [6.45, 7) is 5.50. The fraction of sp³-hybridized carbons (Fsp3) is 0.800. The molecule has 5 heteroatoms. The number of hydrogen-bond donors (Lipinski definition) is 1. The van der Waals surface area contributed by atoms with Crippen molar-refractivity contribution in [1.82, 2.24) is 20.4 Å². The van der Waals surface area contributed by atoms with Crippen LogP contribution in [0.15, 0.2) is 10.9 Å². The van der Waals surface area contributed by atoms with Gasteiger partial charge in [-0.3, -0.25) is 0 Å². The Balaban J connectivity index is 1.48. The Bertz CT molecular complexity index is 256. The molecule has 1 aromatic heterocycles. The largest absolute Gasteiger partial charge is 0.343 e. The van der Waals surface area contributed by atoms with E-state index in [4.69, 9.17) is 0 Å². The molecule has 0 saturated carbocycles. The Kier molecular flexibility index (Phi) is 4.11. The van der Waals surface area contributed by atoms with E-state index in [-0.39, 0.29) is 0 Å². The molecule has 2 rings (SSSR count). The highest BCUT2D eigenvalue weighted by atomic mass is 16.5. The van der Waals surface area contributed by atoms with Crippen LogP contribution in [-0.4, -0.2) is 41.2 Å². The van der Waals surface area contributed by atoms with Crippen LogP contribution in [0.3, 0.4) is 0 Å². The maximum Gasteiger partial charge on any atom is 0.213 e. The Morgan fingerprint density at radius 1 is 1.40 bits per heavy atom. The molecule has 0 spiro atoms. The number of nitrogens with zero attached hydrogens (tertiary/aromatic N) is 3. The van der Waals surface area contributed by atoms with Gasteiger partial charge in [0.25, 0.3) is 0 Å². The SMILES string of the molecule is c1nc(CNCCCN2CCCC2)no1. The van der Waals surface area contributed by atoms with Crippen LogP contribution in [0.2, 0.25) is 0 Å². The molecule has 15 heavy (non-hydrogen) atoms. The van der Waals surface area contributed by atoms with Crippen LogP contribution in [-0.2, 0) is 6.54 Å². The molecule has 0 unspecified atom stereocenters. The van der Waals surface area contributed by atoms with Gasteiger partial charge in [0.05, 0.1) is 6.54 Å². The highest BCUT2D eigenvalue weighted by molar-refractivity contribution is 4.76. The van der Waals surface area contributed by atoms with Gasteiger partial charge in [0.1, 0.15) is 0 Å². The van der Waals surface area contributed by atoms with E-state index in [0.29, 0.717) is 6.54 Å². The van der Waals surface area contributed by atoms with E-state index >= 15 is 0 Å². The van der Waals surface area contributed by atoms with Gasteiger partial charge < -0.3 is 14.7 Å². The monoisotopic (exact) mass is 210 g/mol. The summed E-state index contributed by atoms with van der Waals surface area (Å²) in [5, 5.41) is 7.03. The Morgan fingerprint density at radius 3 is 3.00 bits per heavy atom. The zero-order valence-corrected chi connectivity index (χ0v) is 8.98. The molecular weight excluding hydrogens is 192 g/mol. The quantitative estimate of drug-likeness (QED) is 0.698. The van der Waals surface area contributed by atoms with Crippen molar-refractivity contribution >= 4 is 0 Å². The van der Waals surface area contributed by atoms with Crippen LogP contribution in [0, 0.1) is 0 Å². The fourth-order valence-corrected chi connectivity index (χ4v) is 1.90. The Labute approximate surface area is 89.8 Å². The van der Waals surface area contributed by atoms with Gasteiger partial charge in [-0.1, -0.05) is 5.16 Å². The number of hydrogen-bond acceptors (Lipinski definition) is 5. The number of nitrogens with one attached hydrogen (secondary N) is 1. The van der Waals surface area contributed by atoms with Crippen molar-refractivity contribution in [2.75, 3.05) is 26.2 Å². The number of rotatable bonds is 6. The molecule has 1 aliphatic rings. The minimum atomic E-state index is 0.705. The maximum absolute atomic E-state index is 4.64. The fourth-order valence-electron chi connectivity index (χ4n) is 1.90.